The molecular formula is C11H22N2S. The van der Waals surface area contributed by atoms with E-state index in [2.05, 4.69) is 22.0 Å². The lowest BCUT2D eigenvalue weighted by Gasteiger charge is -2.19. The summed E-state index contributed by atoms with van der Waals surface area (Å²) in [6, 6.07) is 0. The van der Waals surface area contributed by atoms with Gasteiger partial charge in [0.15, 0.2) is 0 Å². The summed E-state index contributed by atoms with van der Waals surface area (Å²) in [6.45, 7) is 6.34. The molecule has 2 rings (SSSR count). The fourth-order valence-corrected chi connectivity index (χ4v) is 2.81. The van der Waals surface area contributed by atoms with Gasteiger partial charge < -0.3 is 10.2 Å². The maximum Gasteiger partial charge on any atom is 0.0107 e. The van der Waals surface area contributed by atoms with Crippen molar-refractivity contribution in [1.29, 1.82) is 0 Å². The van der Waals surface area contributed by atoms with E-state index in [1.54, 1.807) is 0 Å². The molecule has 0 aromatic carbocycles. The lowest BCUT2D eigenvalue weighted by molar-refractivity contribution is 0.294. The third-order valence-corrected chi connectivity index (χ3v) is 4.10. The van der Waals surface area contributed by atoms with Crippen LogP contribution in [0.2, 0.25) is 0 Å². The fourth-order valence-electron chi connectivity index (χ4n) is 1.89. The van der Waals surface area contributed by atoms with Gasteiger partial charge in [-0.3, -0.25) is 0 Å². The lowest BCUT2D eigenvalue weighted by atomic mass is 10.4. The van der Waals surface area contributed by atoms with Crippen molar-refractivity contribution in [3.63, 3.8) is 0 Å². The van der Waals surface area contributed by atoms with Crippen molar-refractivity contribution in [1.82, 2.24) is 10.2 Å². The van der Waals surface area contributed by atoms with Crippen LogP contribution in [0, 0.1) is 5.92 Å². The van der Waals surface area contributed by atoms with Crippen molar-refractivity contribution in [2.45, 2.75) is 19.3 Å². The number of hydrogen-bond donors (Lipinski definition) is 1. The van der Waals surface area contributed by atoms with E-state index in [0.717, 1.165) is 5.92 Å². The monoisotopic (exact) mass is 214 g/mol. The van der Waals surface area contributed by atoms with Crippen molar-refractivity contribution >= 4 is 11.8 Å². The highest BCUT2D eigenvalue weighted by atomic mass is 32.2. The van der Waals surface area contributed by atoms with Gasteiger partial charge in [-0.15, -0.1) is 0 Å². The molecule has 1 saturated carbocycles. The fraction of sp³-hybridized carbons (Fsp3) is 1.00. The van der Waals surface area contributed by atoms with Crippen molar-refractivity contribution < 1.29 is 0 Å². The van der Waals surface area contributed by atoms with Crippen LogP contribution in [0.5, 0.6) is 0 Å². The van der Waals surface area contributed by atoms with E-state index in [-0.39, 0.29) is 0 Å². The van der Waals surface area contributed by atoms with Gasteiger partial charge in [-0.25, -0.2) is 0 Å². The summed E-state index contributed by atoms with van der Waals surface area (Å²) in [6.07, 6.45) is 4.31. The van der Waals surface area contributed by atoms with Crippen LogP contribution in [0.1, 0.15) is 19.3 Å². The molecule has 0 atom stereocenters. The van der Waals surface area contributed by atoms with Crippen LogP contribution in [-0.4, -0.2) is 49.1 Å². The van der Waals surface area contributed by atoms with Gasteiger partial charge >= 0.3 is 0 Å². The molecule has 1 saturated heterocycles. The maximum atomic E-state index is 3.57. The van der Waals surface area contributed by atoms with Crippen LogP contribution in [0.15, 0.2) is 0 Å². The molecule has 2 nitrogen and oxygen atoms in total. The average Bonchev–Trinajstić information content (AvgIpc) is 3.01. The summed E-state index contributed by atoms with van der Waals surface area (Å²) in [7, 11) is 0. The molecular weight excluding hydrogens is 192 g/mol. The average molecular weight is 214 g/mol. The second kappa shape index (κ2) is 5.99. The summed E-state index contributed by atoms with van der Waals surface area (Å²) in [5, 5.41) is 3.57. The Labute approximate surface area is 91.8 Å². The normalized spacial score (nSPS) is 24.9. The number of nitrogens with one attached hydrogen (secondary N) is 1. The van der Waals surface area contributed by atoms with Gasteiger partial charge in [0.05, 0.1) is 0 Å². The largest absolute Gasteiger partial charge is 0.315 e. The number of thioether (sulfide) groups is 1. The summed E-state index contributed by atoms with van der Waals surface area (Å²) >= 11 is 2.11. The Morgan fingerprint density at radius 1 is 1.21 bits per heavy atom. The maximum absolute atomic E-state index is 3.57. The van der Waals surface area contributed by atoms with E-state index < -0.39 is 0 Å². The minimum atomic E-state index is 1.02. The zero-order valence-corrected chi connectivity index (χ0v) is 9.82. The summed E-state index contributed by atoms with van der Waals surface area (Å²) in [4.78, 5) is 2.61. The highest BCUT2D eigenvalue weighted by Gasteiger charge is 2.20. The molecule has 82 valence electrons. The molecule has 14 heavy (non-hydrogen) atoms. The molecule has 3 heteroatoms. The van der Waals surface area contributed by atoms with E-state index >= 15 is 0 Å². The standard InChI is InChI=1S/C11H22N2S/c1-5-13(7-9-14-8-1)6-4-12-10-11-2-3-11/h11-12H,1-10H2. The van der Waals surface area contributed by atoms with Gasteiger partial charge in [-0.2, -0.15) is 11.8 Å². The summed E-state index contributed by atoms with van der Waals surface area (Å²) in [5.41, 5.74) is 0. The lowest BCUT2D eigenvalue weighted by Crippen LogP contribution is -2.34. The Morgan fingerprint density at radius 2 is 2.14 bits per heavy atom. The zero-order chi connectivity index (χ0) is 9.64. The molecule has 0 radical (unpaired) electrons. The molecule has 0 aromatic rings. The molecule has 2 fully saturated rings. The number of hydrogen-bond acceptors (Lipinski definition) is 3. The molecule has 1 aliphatic heterocycles. The van der Waals surface area contributed by atoms with Gasteiger partial charge in [0.1, 0.15) is 0 Å². The van der Waals surface area contributed by atoms with Crippen molar-refractivity contribution in [3.05, 3.63) is 0 Å². The smallest absolute Gasteiger partial charge is 0.0107 e. The Kier molecular flexibility index (Phi) is 4.61. The van der Waals surface area contributed by atoms with E-state index in [9.17, 15) is 0 Å². The molecule has 0 unspecified atom stereocenters. The van der Waals surface area contributed by atoms with E-state index in [0.29, 0.717) is 0 Å². The second-order valence-electron chi connectivity index (χ2n) is 4.46. The van der Waals surface area contributed by atoms with Crippen molar-refractivity contribution in [3.8, 4) is 0 Å². The van der Waals surface area contributed by atoms with Gasteiger partial charge in [-0.05, 0) is 44.0 Å². The molecule has 0 aromatic heterocycles. The van der Waals surface area contributed by atoms with Gasteiger partial charge in [0.25, 0.3) is 0 Å². The van der Waals surface area contributed by atoms with Crippen LogP contribution in [-0.2, 0) is 0 Å². The molecule has 0 amide bonds. The predicted octanol–water partition coefficient (Wildman–Crippen LogP) is 1.42. The Morgan fingerprint density at radius 3 is 3.00 bits per heavy atom. The Hall–Kier alpha value is 0.270. The van der Waals surface area contributed by atoms with E-state index in [1.165, 1.54) is 63.5 Å². The second-order valence-corrected chi connectivity index (χ2v) is 5.68. The highest BCUT2D eigenvalue weighted by molar-refractivity contribution is 7.99. The summed E-state index contributed by atoms with van der Waals surface area (Å²) in [5.74, 6) is 3.73. The first-order valence-electron chi connectivity index (χ1n) is 5.96. The molecule has 0 bridgehead atoms. The van der Waals surface area contributed by atoms with E-state index in [1.807, 2.05) is 0 Å². The third kappa shape index (κ3) is 4.20. The Bertz CT molecular complexity index is 151. The van der Waals surface area contributed by atoms with Gasteiger partial charge in [0.2, 0.25) is 0 Å². The zero-order valence-electron chi connectivity index (χ0n) is 9.00. The first-order valence-corrected chi connectivity index (χ1v) is 7.11. The van der Waals surface area contributed by atoms with Crippen LogP contribution in [0.25, 0.3) is 0 Å². The van der Waals surface area contributed by atoms with Crippen LogP contribution < -0.4 is 5.32 Å². The molecule has 2 aliphatic rings. The molecule has 1 N–H and O–H groups in total. The Balaban J connectivity index is 1.49. The van der Waals surface area contributed by atoms with Crippen LogP contribution >= 0.6 is 11.8 Å². The first-order chi connectivity index (χ1) is 6.95. The minimum absolute atomic E-state index is 1.02. The first kappa shape index (κ1) is 10.8. The van der Waals surface area contributed by atoms with Crippen molar-refractivity contribution in [2.24, 2.45) is 5.92 Å². The van der Waals surface area contributed by atoms with Crippen molar-refractivity contribution in [2.75, 3.05) is 44.2 Å². The molecule has 1 aliphatic carbocycles. The summed E-state index contributed by atoms with van der Waals surface area (Å²) < 4.78 is 0. The number of rotatable bonds is 5. The van der Waals surface area contributed by atoms with Crippen LogP contribution in [0.4, 0.5) is 0 Å². The SMILES string of the molecule is C1CSCCN(CCNCC2CC2)C1. The molecule has 0 spiro atoms. The van der Waals surface area contributed by atoms with E-state index in [4.69, 9.17) is 0 Å². The molecule has 1 heterocycles. The number of nitrogens with zero attached hydrogens (tertiary/aromatic N) is 1. The highest BCUT2D eigenvalue weighted by Crippen LogP contribution is 2.27. The third-order valence-electron chi connectivity index (χ3n) is 3.05. The van der Waals surface area contributed by atoms with Gasteiger partial charge in [-0.1, -0.05) is 0 Å². The minimum Gasteiger partial charge on any atom is -0.315 e. The van der Waals surface area contributed by atoms with Gasteiger partial charge in [0, 0.05) is 25.4 Å². The quantitative estimate of drug-likeness (QED) is 0.697. The van der Waals surface area contributed by atoms with Crippen LogP contribution in [0.3, 0.4) is 0 Å². The topological polar surface area (TPSA) is 15.3 Å². The predicted molar refractivity (Wildman–Crippen MR) is 64.0 cm³/mol.